The molecule has 0 aromatic carbocycles. The first-order valence-electron chi connectivity index (χ1n) is 5.98. The van der Waals surface area contributed by atoms with Crippen LogP contribution in [-0.4, -0.2) is 23.8 Å². The molecule has 3 amide bonds. The maximum absolute atomic E-state index is 11.9. The summed E-state index contributed by atoms with van der Waals surface area (Å²) in [5.41, 5.74) is 6.46. The summed E-state index contributed by atoms with van der Waals surface area (Å²) in [6.07, 6.45) is 0.806. The molecule has 1 saturated heterocycles. The Morgan fingerprint density at radius 2 is 2.32 bits per heavy atom. The van der Waals surface area contributed by atoms with Crippen molar-refractivity contribution in [2.45, 2.75) is 31.8 Å². The molecule has 1 aromatic heterocycles. The van der Waals surface area contributed by atoms with Gasteiger partial charge in [-0.1, -0.05) is 0 Å². The molecule has 0 saturated carbocycles. The fraction of sp³-hybridized carbons (Fsp3) is 0.417. The first-order valence-corrected chi connectivity index (χ1v) is 6.86. The lowest BCUT2D eigenvalue weighted by Crippen LogP contribution is -2.52. The van der Waals surface area contributed by atoms with Gasteiger partial charge in [0.25, 0.3) is 0 Å². The summed E-state index contributed by atoms with van der Waals surface area (Å²) in [6, 6.07) is 1.24. The highest BCUT2D eigenvalue weighted by molar-refractivity contribution is 7.10. The second kappa shape index (κ2) is 5.94. The summed E-state index contributed by atoms with van der Waals surface area (Å²) < 4.78 is 0. The van der Waals surface area contributed by atoms with Crippen LogP contribution >= 0.6 is 11.3 Å². The number of carbonyl (C=O) groups excluding carboxylic acids is 3. The van der Waals surface area contributed by atoms with Crippen molar-refractivity contribution in [2.75, 3.05) is 0 Å². The molecule has 1 aliphatic heterocycles. The van der Waals surface area contributed by atoms with Gasteiger partial charge in [0.1, 0.15) is 6.04 Å². The first kappa shape index (κ1) is 13.7. The Morgan fingerprint density at radius 3 is 3.00 bits per heavy atom. The lowest BCUT2D eigenvalue weighted by molar-refractivity contribution is -0.137. The SMILES string of the molecule is NCc1sccc1CC(=O)NC1CCC(=O)NC1=O. The maximum atomic E-state index is 11.9. The topological polar surface area (TPSA) is 101 Å². The van der Waals surface area contributed by atoms with Crippen molar-refractivity contribution in [3.8, 4) is 0 Å². The monoisotopic (exact) mass is 281 g/mol. The second-order valence-corrected chi connectivity index (χ2v) is 5.32. The van der Waals surface area contributed by atoms with Crippen LogP contribution in [0.15, 0.2) is 11.4 Å². The fourth-order valence-corrected chi connectivity index (χ4v) is 2.74. The lowest BCUT2D eigenvalue weighted by Gasteiger charge is -2.21. The first-order chi connectivity index (χ1) is 9.10. The smallest absolute Gasteiger partial charge is 0.249 e. The molecule has 1 unspecified atom stereocenters. The number of carbonyl (C=O) groups is 3. The van der Waals surface area contributed by atoms with Gasteiger partial charge in [0.2, 0.25) is 17.7 Å². The minimum Gasteiger partial charge on any atom is -0.344 e. The number of thiophene rings is 1. The Hall–Kier alpha value is -1.73. The van der Waals surface area contributed by atoms with E-state index in [1.165, 1.54) is 11.3 Å². The molecule has 1 aromatic rings. The van der Waals surface area contributed by atoms with Gasteiger partial charge in [0.15, 0.2) is 0 Å². The number of hydrogen-bond donors (Lipinski definition) is 3. The molecule has 0 spiro atoms. The normalized spacial score (nSPS) is 19.1. The van der Waals surface area contributed by atoms with E-state index in [0.717, 1.165) is 10.4 Å². The molecule has 2 heterocycles. The number of rotatable bonds is 4. The average Bonchev–Trinajstić information content (AvgIpc) is 2.80. The van der Waals surface area contributed by atoms with Gasteiger partial charge in [-0.2, -0.15) is 0 Å². The van der Waals surface area contributed by atoms with E-state index in [4.69, 9.17) is 5.73 Å². The zero-order chi connectivity index (χ0) is 13.8. The van der Waals surface area contributed by atoms with E-state index >= 15 is 0 Å². The molecule has 1 aliphatic rings. The Labute approximate surface area is 114 Å². The van der Waals surface area contributed by atoms with E-state index in [9.17, 15) is 14.4 Å². The molecule has 7 heteroatoms. The summed E-state index contributed by atoms with van der Waals surface area (Å²) in [5, 5.41) is 6.73. The average molecular weight is 281 g/mol. The summed E-state index contributed by atoms with van der Waals surface area (Å²) in [6.45, 7) is 0.401. The predicted octanol–water partition coefficient (Wildman–Crippen LogP) is -0.329. The summed E-state index contributed by atoms with van der Waals surface area (Å²) in [5.74, 6) is -0.963. The Balaban J connectivity index is 1.91. The van der Waals surface area contributed by atoms with Gasteiger partial charge in [-0.25, -0.2) is 0 Å². The highest BCUT2D eigenvalue weighted by Crippen LogP contribution is 2.16. The molecule has 1 atom stereocenters. The van der Waals surface area contributed by atoms with Gasteiger partial charge in [0.05, 0.1) is 6.42 Å². The van der Waals surface area contributed by atoms with Crippen molar-refractivity contribution >= 4 is 29.1 Å². The van der Waals surface area contributed by atoms with Crippen molar-refractivity contribution in [3.63, 3.8) is 0 Å². The van der Waals surface area contributed by atoms with Crippen LogP contribution in [0.2, 0.25) is 0 Å². The Bertz CT molecular complexity index is 512. The highest BCUT2D eigenvalue weighted by atomic mass is 32.1. The van der Waals surface area contributed by atoms with Crippen molar-refractivity contribution in [1.82, 2.24) is 10.6 Å². The van der Waals surface area contributed by atoms with Crippen LogP contribution in [0.5, 0.6) is 0 Å². The second-order valence-electron chi connectivity index (χ2n) is 4.32. The van der Waals surface area contributed by atoms with Crippen LogP contribution in [0.4, 0.5) is 0 Å². The third kappa shape index (κ3) is 3.39. The summed E-state index contributed by atoms with van der Waals surface area (Å²) in [4.78, 5) is 35.3. The zero-order valence-electron chi connectivity index (χ0n) is 10.3. The number of piperidine rings is 1. The van der Waals surface area contributed by atoms with E-state index in [-0.39, 0.29) is 24.7 Å². The molecule has 19 heavy (non-hydrogen) atoms. The highest BCUT2D eigenvalue weighted by Gasteiger charge is 2.27. The zero-order valence-corrected chi connectivity index (χ0v) is 11.1. The Morgan fingerprint density at radius 1 is 1.53 bits per heavy atom. The van der Waals surface area contributed by atoms with Gasteiger partial charge in [-0.15, -0.1) is 11.3 Å². The van der Waals surface area contributed by atoms with E-state index in [0.29, 0.717) is 13.0 Å². The van der Waals surface area contributed by atoms with Crippen LogP contribution in [0.3, 0.4) is 0 Å². The van der Waals surface area contributed by atoms with Crippen LogP contribution in [0.1, 0.15) is 23.3 Å². The number of nitrogens with two attached hydrogens (primary N) is 1. The molecule has 102 valence electrons. The molecule has 6 nitrogen and oxygen atoms in total. The predicted molar refractivity (Wildman–Crippen MR) is 70.2 cm³/mol. The molecular weight excluding hydrogens is 266 g/mol. The third-order valence-electron chi connectivity index (χ3n) is 2.95. The van der Waals surface area contributed by atoms with E-state index in [2.05, 4.69) is 10.6 Å². The van der Waals surface area contributed by atoms with Crippen LogP contribution in [-0.2, 0) is 27.3 Å². The lowest BCUT2D eigenvalue weighted by atomic mass is 10.1. The van der Waals surface area contributed by atoms with E-state index in [1.54, 1.807) is 0 Å². The van der Waals surface area contributed by atoms with Crippen molar-refractivity contribution in [1.29, 1.82) is 0 Å². The molecule has 4 N–H and O–H groups in total. The maximum Gasteiger partial charge on any atom is 0.249 e. The molecule has 0 aliphatic carbocycles. The third-order valence-corrected chi connectivity index (χ3v) is 3.93. The van der Waals surface area contributed by atoms with Crippen LogP contribution in [0, 0.1) is 0 Å². The van der Waals surface area contributed by atoms with Gasteiger partial charge in [-0.3, -0.25) is 19.7 Å². The fourth-order valence-electron chi connectivity index (χ4n) is 1.95. The van der Waals surface area contributed by atoms with E-state index < -0.39 is 11.9 Å². The molecule has 0 radical (unpaired) electrons. The van der Waals surface area contributed by atoms with Crippen molar-refractivity contribution in [3.05, 3.63) is 21.9 Å². The summed E-state index contributed by atoms with van der Waals surface area (Å²) in [7, 11) is 0. The van der Waals surface area contributed by atoms with E-state index in [1.807, 2.05) is 11.4 Å². The van der Waals surface area contributed by atoms with Crippen LogP contribution in [0.25, 0.3) is 0 Å². The number of nitrogens with one attached hydrogen (secondary N) is 2. The number of amides is 3. The van der Waals surface area contributed by atoms with Crippen molar-refractivity contribution < 1.29 is 14.4 Å². The summed E-state index contributed by atoms with van der Waals surface area (Å²) >= 11 is 1.51. The standard InChI is InChI=1S/C12H15N3O3S/c13-6-9-7(3-4-19-9)5-11(17)14-8-1-2-10(16)15-12(8)18/h3-4,8H,1-2,5-6,13H2,(H,14,17)(H,15,16,18). The van der Waals surface area contributed by atoms with Gasteiger partial charge in [-0.05, 0) is 23.4 Å². The van der Waals surface area contributed by atoms with Gasteiger partial charge < -0.3 is 11.1 Å². The molecule has 1 fully saturated rings. The molecule has 0 bridgehead atoms. The van der Waals surface area contributed by atoms with Crippen LogP contribution < -0.4 is 16.4 Å². The minimum absolute atomic E-state index is 0.202. The van der Waals surface area contributed by atoms with Gasteiger partial charge in [0, 0.05) is 17.8 Å². The number of hydrogen-bond acceptors (Lipinski definition) is 5. The largest absolute Gasteiger partial charge is 0.344 e. The molecule has 2 rings (SSSR count). The number of imide groups is 1. The quantitative estimate of drug-likeness (QED) is 0.658. The Kier molecular flexibility index (Phi) is 4.28. The van der Waals surface area contributed by atoms with Gasteiger partial charge >= 0.3 is 0 Å². The van der Waals surface area contributed by atoms with Crippen molar-refractivity contribution in [2.24, 2.45) is 5.73 Å². The molecular formula is C12H15N3O3S. The minimum atomic E-state index is -0.620.